The second-order valence-electron chi connectivity index (χ2n) is 28.9. The standard InChI is InChI=1S/C72H107N7O22/c1-40(2)64(78-61(82)21-26-91-28-29-92-27-22-63(84)101-79-25-9-11-62(79)83)69(86)77-52(10-8-24-74-70(73)87)68(85)76-45-14-12-44(13-15-45)39-93-71(88)75-38-47(81)34-57-65(90-7)51-33-46(80)32-49-17-19-54-66(96-49)59-36-58(97-54)67-60(89-6)37-72(99-59,100-67)23-20-50-31-42(4)53(94-50)18-16-48-30-41(3)43(5)55(95-48)35-56(51)98-57/h12-15,40-41,47-60,64-67,81H,4-5,8-11,16-39H2,1-3,6-7H3,(H,75,88)(H,76,85)(H,77,86)(H,78,82)(H3,73,74,87)/t41-,47+,48?,49?,50+,51?,52?,53?,54+,55?,56+,57-,58-,59-,60-,64+,65-,66+,67-,72-/m1/s1. The number of amides is 7. The fourth-order valence-electron chi connectivity index (χ4n) is 15.7. The summed E-state index contributed by atoms with van der Waals surface area (Å²) in [6.45, 7) is 15.1. The van der Waals surface area contributed by atoms with Gasteiger partial charge in [-0.1, -0.05) is 46.1 Å². The largest absolute Gasteiger partial charge is 0.445 e. The van der Waals surface area contributed by atoms with Gasteiger partial charge in [0.05, 0.1) is 119 Å². The van der Waals surface area contributed by atoms with Gasteiger partial charge >= 0.3 is 18.1 Å². The van der Waals surface area contributed by atoms with Gasteiger partial charge < -0.3 is 99.1 Å². The zero-order valence-electron chi connectivity index (χ0n) is 59.1. The van der Waals surface area contributed by atoms with E-state index in [-0.39, 0.29) is 182 Å². The normalized spacial score (nSPS) is 32.7. The van der Waals surface area contributed by atoms with Crippen molar-refractivity contribution in [3.8, 4) is 0 Å². The predicted molar refractivity (Wildman–Crippen MR) is 361 cm³/mol. The van der Waals surface area contributed by atoms with Crippen LogP contribution in [0, 0.1) is 17.8 Å². The van der Waals surface area contributed by atoms with Crippen LogP contribution in [0.25, 0.3) is 0 Å². The second kappa shape index (κ2) is 36.5. The molecule has 10 rings (SSSR count). The van der Waals surface area contributed by atoms with Crippen LogP contribution in [0.3, 0.4) is 0 Å². The highest BCUT2D eigenvalue weighted by molar-refractivity contribution is 5.98. The maximum atomic E-state index is 14.5. The van der Waals surface area contributed by atoms with E-state index in [1.165, 1.54) is 0 Å². The third-order valence-corrected chi connectivity index (χ3v) is 21.1. The molecule has 1 aromatic carbocycles. The summed E-state index contributed by atoms with van der Waals surface area (Å²) in [7, 11) is 3.30. The number of nitrogens with one attached hydrogen (secondary N) is 5. The molecule has 8 N–H and O–H groups in total. The molecule has 29 heteroatoms. The number of ether oxygens (including phenoxy) is 12. The number of alkyl carbamates (subject to hydrolysis) is 1. The SMILES string of the molecule is C=C1C[C@@H]2CC[C@]34C[C@@H](OC)[C@H](O3)[C@H]3C[C@@H](O4)[C@H]4OC(CC[C@@H]4O3)CC(=O)CC3[C@H](CC4OC(CCC1O2)C[C@@H](C)C4=C)O[C@H](C[C@H](O)CNC(=O)OCc1ccc(NC(=O)C(CCCNC(N)=O)NC(=O)[C@@H](NC(=O)CCOCCOCCC(=O)ON2CCCC2=O)C(C)C)cc1)[C@@H]3OC. The van der Waals surface area contributed by atoms with Gasteiger partial charge in [-0.25, -0.2) is 14.4 Å². The van der Waals surface area contributed by atoms with Crippen molar-refractivity contribution in [1.29, 1.82) is 0 Å². The van der Waals surface area contributed by atoms with E-state index >= 15 is 0 Å². The molecule has 0 saturated carbocycles. The number of anilines is 1. The van der Waals surface area contributed by atoms with Crippen LogP contribution in [-0.4, -0.2) is 227 Å². The lowest BCUT2D eigenvalue weighted by Gasteiger charge is -2.47. The maximum Gasteiger partial charge on any atom is 0.407 e. The molecule has 9 aliphatic rings. The minimum atomic E-state index is -1.11. The lowest BCUT2D eigenvalue weighted by atomic mass is 9.81. The van der Waals surface area contributed by atoms with Gasteiger partial charge in [0.2, 0.25) is 17.7 Å². The Morgan fingerprint density at radius 1 is 0.762 bits per heavy atom. The number of hydrogen-bond acceptors (Lipinski definition) is 22. The molecule has 562 valence electrons. The first kappa shape index (κ1) is 77.4. The molecule has 20 atom stereocenters. The van der Waals surface area contributed by atoms with Gasteiger partial charge in [0.1, 0.15) is 36.7 Å². The molecule has 7 amide bonds. The number of urea groups is 1. The summed E-state index contributed by atoms with van der Waals surface area (Å²) in [6, 6.07) is 3.59. The highest BCUT2D eigenvalue weighted by Crippen LogP contribution is 2.50. The summed E-state index contributed by atoms with van der Waals surface area (Å²) < 4.78 is 76.8. The van der Waals surface area contributed by atoms with Crippen LogP contribution < -0.4 is 32.3 Å². The Kier molecular flexibility index (Phi) is 27.9. The highest BCUT2D eigenvalue weighted by Gasteiger charge is 2.60. The van der Waals surface area contributed by atoms with Gasteiger partial charge in [-0.05, 0) is 105 Å². The number of rotatable bonds is 28. The van der Waals surface area contributed by atoms with Crippen LogP contribution in [0.2, 0.25) is 0 Å². The van der Waals surface area contributed by atoms with Gasteiger partial charge in [0.15, 0.2) is 5.79 Å². The van der Waals surface area contributed by atoms with Crippen molar-refractivity contribution in [2.45, 2.75) is 265 Å². The van der Waals surface area contributed by atoms with Crippen molar-refractivity contribution >= 4 is 53.2 Å². The van der Waals surface area contributed by atoms with Gasteiger partial charge in [0, 0.05) is 96.7 Å². The fraction of sp³-hybridized carbons (Fsp3) is 0.750. The number of nitrogens with two attached hydrogens (primary N) is 1. The van der Waals surface area contributed by atoms with E-state index in [0.29, 0.717) is 69.2 Å². The van der Waals surface area contributed by atoms with E-state index in [2.05, 4.69) is 46.7 Å². The quantitative estimate of drug-likeness (QED) is 0.0431. The molecule has 9 saturated heterocycles. The first-order valence-corrected chi connectivity index (χ1v) is 36.4. The first-order chi connectivity index (χ1) is 48.5. The number of aliphatic hydroxyl groups is 1. The number of hydrogen-bond donors (Lipinski definition) is 7. The molecular formula is C72H107N7O22. The van der Waals surface area contributed by atoms with Crippen molar-refractivity contribution in [3.05, 3.63) is 54.1 Å². The minimum absolute atomic E-state index is 0.000775. The smallest absolute Gasteiger partial charge is 0.407 e. The molecule has 1 aromatic rings. The number of primary amides is 1. The number of fused-ring (bicyclic) bond motifs is 9. The molecule has 0 aromatic heterocycles. The Hall–Kier alpha value is -6.22. The zero-order valence-corrected chi connectivity index (χ0v) is 59.1. The molecule has 29 nitrogen and oxygen atoms in total. The van der Waals surface area contributed by atoms with Crippen LogP contribution in [0.15, 0.2) is 48.6 Å². The summed E-state index contributed by atoms with van der Waals surface area (Å²) in [5.41, 5.74) is 8.21. The minimum Gasteiger partial charge on any atom is -0.445 e. The molecule has 9 fully saturated rings. The molecule has 10 bridgehead atoms. The second-order valence-corrected chi connectivity index (χ2v) is 28.9. The highest BCUT2D eigenvalue weighted by atomic mass is 16.7. The Balaban J connectivity index is 0.697. The van der Waals surface area contributed by atoms with Crippen LogP contribution in [0.1, 0.15) is 155 Å². The van der Waals surface area contributed by atoms with Crippen molar-refractivity contribution in [2.75, 3.05) is 65.6 Å². The lowest BCUT2D eigenvalue weighted by molar-refractivity contribution is -0.277. The Bertz CT molecular complexity index is 3030. The molecular weight excluding hydrogens is 1310 g/mol. The Morgan fingerprint density at radius 2 is 1.51 bits per heavy atom. The maximum absolute atomic E-state index is 14.5. The number of aliphatic hydroxyl groups excluding tert-OH is 1. The summed E-state index contributed by atoms with van der Waals surface area (Å²) in [5, 5.41) is 26.0. The van der Waals surface area contributed by atoms with Gasteiger partial charge in [-0.2, -0.15) is 5.06 Å². The van der Waals surface area contributed by atoms with Gasteiger partial charge in [0.25, 0.3) is 5.91 Å². The molecule has 9 heterocycles. The monoisotopic (exact) mass is 1420 g/mol. The first-order valence-electron chi connectivity index (χ1n) is 36.4. The van der Waals surface area contributed by atoms with E-state index in [1.54, 1.807) is 52.3 Å². The number of methoxy groups -OCH3 is 2. The van der Waals surface area contributed by atoms with Crippen LogP contribution >= 0.6 is 0 Å². The lowest BCUT2D eigenvalue weighted by Crippen LogP contribution is -2.58. The number of benzene rings is 1. The average Bonchev–Trinajstić information content (AvgIpc) is 1.61. The molecule has 101 heavy (non-hydrogen) atoms. The van der Waals surface area contributed by atoms with E-state index < -0.39 is 84.0 Å². The van der Waals surface area contributed by atoms with Crippen LogP contribution in [0.4, 0.5) is 15.3 Å². The topological polar surface area (TPSA) is 366 Å². The zero-order chi connectivity index (χ0) is 71.9. The van der Waals surface area contributed by atoms with Gasteiger partial charge in [-0.15, -0.1) is 0 Å². The number of carbonyl (C=O) groups is 8. The Morgan fingerprint density at radius 3 is 2.25 bits per heavy atom. The van der Waals surface area contributed by atoms with Crippen molar-refractivity contribution in [2.24, 2.45) is 23.5 Å². The number of carbonyl (C=O) groups excluding carboxylic acids is 8. The average molecular weight is 1420 g/mol. The third kappa shape index (κ3) is 21.3. The molecule has 0 radical (unpaired) electrons. The predicted octanol–water partition coefficient (Wildman–Crippen LogP) is 4.95. The number of hydroxylamine groups is 2. The van der Waals surface area contributed by atoms with E-state index in [0.717, 1.165) is 48.3 Å². The van der Waals surface area contributed by atoms with Crippen LogP contribution in [0.5, 0.6) is 0 Å². The number of ketones is 1. The van der Waals surface area contributed by atoms with Crippen molar-refractivity contribution in [1.82, 2.24) is 26.3 Å². The number of nitrogens with zero attached hydrogens (tertiary/aromatic N) is 1. The van der Waals surface area contributed by atoms with Gasteiger partial charge in [-0.3, -0.25) is 24.0 Å². The molecule has 0 aliphatic carbocycles. The third-order valence-electron chi connectivity index (χ3n) is 21.1. The number of Topliss-reactive ketones (excluding diaryl/α,β-unsaturated/α-hetero) is 1. The van der Waals surface area contributed by atoms with E-state index in [9.17, 15) is 43.5 Å². The molecule has 9 aliphatic heterocycles. The van der Waals surface area contributed by atoms with E-state index in [4.69, 9.17) is 67.4 Å². The van der Waals surface area contributed by atoms with Crippen molar-refractivity contribution < 1.29 is 105 Å². The summed E-state index contributed by atoms with van der Waals surface area (Å²) in [4.78, 5) is 108. The fourth-order valence-corrected chi connectivity index (χ4v) is 15.7. The summed E-state index contributed by atoms with van der Waals surface area (Å²) >= 11 is 0. The Labute approximate surface area is 590 Å². The molecule has 1 spiro atoms. The van der Waals surface area contributed by atoms with Crippen LogP contribution in [-0.2, 0) is 97.1 Å². The van der Waals surface area contributed by atoms with Crippen molar-refractivity contribution in [3.63, 3.8) is 0 Å². The van der Waals surface area contributed by atoms with E-state index in [1.807, 2.05) is 0 Å². The summed E-state index contributed by atoms with van der Waals surface area (Å²) in [6.07, 6.45) is 2.55. The molecule has 6 unspecified atom stereocenters. The summed E-state index contributed by atoms with van der Waals surface area (Å²) in [5.74, 6) is -4.04.